The van der Waals surface area contributed by atoms with Gasteiger partial charge < -0.3 is 15.0 Å². The lowest BCUT2D eigenvalue weighted by atomic mass is 10.0. The molecule has 134 valence electrons. The van der Waals surface area contributed by atoms with E-state index >= 15 is 0 Å². The Bertz CT molecular complexity index is 992. The molecule has 1 atom stereocenters. The van der Waals surface area contributed by atoms with Gasteiger partial charge in [0, 0.05) is 35.9 Å². The Morgan fingerprint density at radius 3 is 2.58 bits per heavy atom. The number of aliphatic carboxylic acids is 1. The van der Waals surface area contributed by atoms with Gasteiger partial charge in [-0.3, -0.25) is 9.78 Å². The van der Waals surface area contributed by atoms with Crippen molar-refractivity contribution in [2.45, 2.75) is 26.8 Å². The van der Waals surface area contributed by atoms with Gasteiger partial charge in [0.1, 0.15) is 5.69 Å². The van der Waals surface area contributed by atoms with Crippen LogP contribution in [0.3, 0.4) is 0 Å². The Kier molecular flexibility index (Phi) is 4.50. The molecular weight excluding hydrogens is 330 g/mol. The van der Waals surface area contributed by atoms with Crippen LogP contribution >= 0.6 is 0 Å². The third-order valence-electron chi connectivity index (χ3n) is 4.66. The molecule has 0 spiro atoms. The zero-order valence-electron chi connectivity index (χ0n) is 15.2. The molecule has 6 nitrogen and oxygen atoms in total. The first kappa shape index (κ1) is 17.7. The minimum atomic E-state index is -1.11. The van der Waals surface area contributed by atoms with Gasteiger partial charge in [0.15, 0.2) is 6.04 Å². The Labute approximate surface area is 151 Å². The van der Waals surface area contributed by atoms with Crippen LogP contribution in [0.25, 0.3) is 10.9 Å². The van der Waals surface area contributed by atoms with E-state index in [1.165, 1.54) is 18.1 Å². The molecule has 2 heterocycles. The van der Waals surface area contributed by atoms with Gasteiger partial charge in [0.05, 0.1) is 0 Å². The van der Waals surface area contributed by atoms with E-state index in [9.17, 15) is 14.7 Å². The predicted molar refractivity (Wildman–Crippen MR) is 99.2 cm³/mol. The highest BCUT2D eigenvalue weighted by atomic mass is 16.4. The maximum atomic E-state index is 13.1. The number of carboxylic acid groups (broad SMARTS) is 1. The van der Waals surface area contributed by atoms with Crippen LogP contribution in [0.15, 0.2) is 36.7 Å². The van der Waals surface area contributed by atoms with Crippen LogP contribution in [0.4, 0.5) is 0 Å². The summed E-state index contributed by atoms with van der Waals surface area (Å²) in [5.74, 6) is -1.47. The third kappa shape index (κ3) is 2.94. The monoisotopic (exact) mass is 351 g/mol. The number of benzene rings is 1. The van der Waals surface area contributed by atoms with Crippen LogP contribution in [0.1, 0.15) is 38.8 Å². The largest absolute Gasteiger partial charge is 0.479 e. The summed E-state index contributed by atoms with van der Waals surface area (Å²) in [5.41, 5.74) is 4.75. The third-order valence-corrected chi connectivity index (χ3v) is 4.66. The van der Waals surface area contributed by atoms with Crippen LogP contribution in [0, 0.1) is 20.8 Å². The molecule has 26 heavy (non-hydrogen) atoms. The summed E-state index contributed by atoms with van der Waals surface area (Å²) in [5, 5.41) is 10.6. The Morgan fingerprint density at radius 1 is 1.23 bits per heavy atom. The normalized spacial score (nSPS) is 12.2. The Morgan fingerprint density at radius 2 is 1.96 bits per heavy atom. The molecule has 0 aliphatic heterocycles. The Balaban J connectivity index is 2.05. The average molecular weight is 351 g/mol. The number of aromatic amines is 1. The number of rotatable bonds is 4. The molecule has 0 fully saturated rings. The number of H-pyrrole nitrogens is 1. The molecule has 1 amide bonds. The van der Waals surface area contributed by atoms with Crippen LogP contribution in [0.5, 0.6) is 0 Å². The van der Waals surface area contributed by atoms with E-state index in [0.717, 1.165) is 27.6 Å². The van der Waals surface area contributed by atoms with E-state index in [1.54, 1.807) is 18.3 Å². The van der Waals surface area contributed by atoms with E-state index in [-0.39, 0.29) is 5.91 Å². The fourth-order valence-corrected chi connectivity index (χ4v) is 3.36. The van der Waals surface area contributed by atoms with Gasteiger partial charge in [-0.05, 0) is 44.0 Å². The number of nitrogens with one attached hydrogen (secondary N) is 1. The van der Waals surface area contributed by atoms with Gasteiger partial charge in [-0.1, -0.05) is 17.7 Å². The molecule has 0 saturated heterocycles. The number of amides is 1. The van der Waals surface area contributed by atoms with Gasteiger partial charge in [-0.25, -0.2) is 4.79 Å². The molecule has 0 bridgehead atoms. The Hall–Kier alpha value is -3.15. The summed E-state index contributed by atoms with van der Waals surface area (Å²) < 4.78 is 0. The maximum absolute atomic E-state index is 13.1. The second kappa shape index (κ2) is 6.63. The first-order chi connectivity index (χ1) is 12.3. The SMILES string of the molecule is Cc1cc(C)c2[nH]c(C(=O)N(C)C(C(=O)O)c3cccnc3)c(C)c2c1. The predicted octanol–water partition coefficient (Wildman–Crippen LogP) is 3.39. The fraction of sp³-hybridized carbons (Fsp3) is 0.250. The number of fused-ring (bicyclic) bond motifs is 1. The lowest BCUT2D eigenvalue weighted by molar-refractivity contribution is -0.142. The van der Waals surface area contributed by atoms with Crippen molar-refractivity contribution in [1.29, 1.82) is 0 Å². The van der Waals surface area contributed by atoms with E-state index < -0.39 is 12.0 Å². The van der Waals surface area contributed by atoms with E-state index in [1.807, 2.05) is 32.9 Å². The van der Waals surface area contributed by atoms with Gasteiger partial charge >= 0.3 is 5.97 Å². The summed E-state index contributed by atoms with van der Waals surface area (Å²) in [4.78, 5) is 33.3. The number of nitrogens with zero attached hydrogens (tertiary/aromatic N) is 2. The first-order valence-corrected chi connectivity index (χ1v) is 8.30. The smallest absolute Gasteiger partial charge is 0.331 e. The quantitative estimate of drug-likeness (QED) is 0.754. The van der Waals surface area contributed by atoms with Crippen molar-refractivity contribution in [3.8, 4) is 0 Å². The maximum Gasteiger partial charge on any atom is 0.331 e. The van der Waals surface area contributed by atoms with Crippen LogP contribution in [-0.4, -0.2) is 38.9 Å². The van der Waals surface area contributed by atoms with Crippen LogP contribution in [0.2, 0.25) is 0 Å². The molecule has 2 aromatic heterocycles. The lowest BCUT2D eigenvalue weighted by Crippen LogP contribution is -2.36. The summed E-state index contributed by atoms with van der Waals surface area (Å²) in [6.07, 6.45) is 3.03. The number of hydrogen-bond donors (Lipinski definition) is 2. The highest BCUT2D eigenvalue weighted by Gasteiger charge is 2.31. The van der Waals surface area contributed by atoms with Crippen molar-refractivity contribution in [2.24, 2.45) is 0 Å². The number of aromatic nitrogens is 2. The molecule has 0 aliphatic carbocycles. The first-order valence-electron chi connectivity index (χ1n) is 8.30. The lowest BCUT2D eigenvalue weighted by Gasteiger charge is -2.24. The molecule has 0 saturated carbocycles. The van der Waals surface area contributed by atoms with Gasteiger partial charge in [0.25, 0.3) is 5.91 Å². The molecule has 1 aromatic carbocycles. The zero-order chi connectivity index (χ0) is 19.0. The average Bonchev–Trinajstić information content (AvgIpc) is 2.92. The van der Waals surface area contributed by atoms with Crippen molar-refractivity contribution in [3.05, 3.63) is 64.6 Å². The minimum Gasteiger partial charge on any atom is -0.479 e. The van der Waals surface area contributed by atoms with E-state index in [0.29, 0.717) is 11.3 Å². The molecule has 2 N–H and O–H groups in total. The minimum absolute atomic E-state index is 0.369. The van der Waals surface area contributed by atoms with Crippen LogP contribution in [-0.2, 0) is 4.79 Å². The van der Waals surface area contributed by atoms with E-state index in [4.69, 9.17) is 0 Å². The number of aryl methyl sites for hydroxylation is 3. The van der Waals surface area contributed by atoms with Gasteiger partial charge in [-0.2, -0.15) is 0 Å². The number of pyridine rings is 1. The number of carbonyl (C=O) groups excluding carboxylic acids is 1. The zero-order valence-corrected chi connectivity index (χ0v) is 15.2. The summed E-state index contributed by atoms with van der Waals surface area (Å²) in [6, 6.07) is 6.28. The number of carboxylic acids is 1. The van der Waals surface area contributed by atoms with Crippen molar-refractivity contribution < 1.29 is 14.7 Å². The molecule has 3 rings (SSSR count). The highest BCUT2D eigenvalue weighted by Crippen LogP contribution is 2.28. The summed E-state index contributed by atoms with van der Waals surface area (Å²) in [7, 11) is 1.50. The summed E-state index contributed by atoms with van der Waals surface area (Å²) >= 11 is 0. The van der Waals surface area contributed by atoms with Crippen LogP contribution < -0.4 is 0 Å². The van der Waals surface area contributed by atoms with Gasteiger partial charge in [0.2, 0.25) is 0 Å². The molecule has 3 aromatic rings. The molecule has 6 heteroatoms. The highest BCUT2D eigenvalue weighted by molar-refractivity contribution is 6.02. The molecule has 0 aliphatic rings. The second-order valence-electron chi connectivity index (χ2n) is 6.57. The molecule has 1 unspecified atom stereocenters. The number of likely N-dealkylation sites (N-methyl/N-ethyl adjacent to an activating group) is 1. The second-order valence-corrected chi connectivity index (χ2v) is 6.57. The molecule has 0 radical (unpaired) electrons. The van der Waals surface area contributed by atoms with Gasteiger partial charge in [-0.15, -0.1) is 0 Å². The summed E-state index contributed by atoms with van der Waals surface area (Å²) in [6.45, 7) is 5.87. The fourth-order valence-electron chi connectivity index (χ4n) is 3.36. The number of hydrogen-bond acceptors (Lipinski definition) is 3. The van der Waals surface area contributed by atoms with Crippen molar-refractivity contribution in [1.82, 2.24) is 14.9 Å². The van der Waals surface area contributed by atoms with Crippen molar-refractivity contribution >= 4 is 22.8 Å². The van der Waals surface area contributed by atoms with Crippen molar-refractivity contribution in [2.75, 3.05) is 7.05 Å². The number of carbonyl (C=O) groups is 2. The van der Waals surface area contributed by atoms with E-state index in [2.05, 4.69) is 9.97 Å². The van der Waals surface area contributed by atoms with Crippen molar-refractivity contribution in [3.63, 3.8) is 0 Å². The topological polar surface area (TPSA) is 86.3 Å². The molecular formula is C20H21N3O3. The standard InChI is InChI=1S/C20H21N3O3/c1-11-8-12(2)16-15(9-11)13(3)17(22-16)19(24)23(4)18(20(25)26)14-6-5-7-21-10-14/h5-10,18,22H,1-4H3,(H,25,26).